The summed E-state index contributed by atoms with van der Waals surface area (Å²) < 4.78 is 26.9. The van der Waals surface area contributed by atoms with Crippen molar-refractivity contribution >= 4 is 10.8 Å². The molecule has 2 aromatic carbocycles. The molecule has 0 radical (unpaired) electrons. The fourth-order valence-electron chi connectivity index (χ4n) is 3.84. The summed E-state index contributed by atoms with van der Waals surface area (Å²) in [6.07, 6.45) is 3.64. The van der Waals surface area contributed by atoms with Crippen molar-refractivity contribution in [2.45, 2.75) is 32.2 Å². The van der Waals surface area contributed by atoms with Crippen molar-refractivity contribution in [2.24, 2.45) is 0 Å². The number of hydrogen-bond donors (Lipinski definition) is 0. The average molecular weight is 352 g/mol. The third-order valence-corrected chi connectivity index (χ3v) is 5.41. The molecular formula is C22H22F2N2. The molecule has 0 aliphatic carbocycles. The minimum absolute atomic E-state index is 0.320. The summed E-state index contributed by atoms with van der Waals surface area (Å²) in [7, 11) is 0. The number of hydrogen-bond acceptors (Lipinski definition) is 2. The summed E-state index contributed by atoms with van der Waals surface area (Å²) in [6.45, 7) is 4.60. The molecular weight excluding hydrogens is 330 g/mol. The number of likely N-dealkylation sites (tertiary alicyclic amines) is 1. The Balaban J connectivity index is 1.56. The standard InChI is InChI=1S/C22H22F2N2/c1-15-3-2-11-26(15)12-10-16-4-5-18-14-19(7-6-17(18)13-16)20-8-9-21(23)25-22(20)24/h4-9,13-15H,2-3,10-12H2,1H3. The first-order valence-electron chi connectivity index (χ1n) is 9.19. The lowest BCUT2D eigenvalue weighted by Crippen LogP contribution is -2.28. The molecule has 4 heteroatoms. The minimum atomic E-state index is -0.802. The van der Waals surface area contributed by atoms with Crippen molar-refractivity contribution in [1.29, 1.82) is 0 Å². The van der Waals surface area contributed by atoms with Crippen LogP contribution >= 0.6 is 0 Å². The van der Waals surface area contributed by atoms with Crippen molar-refractivity contribution in [3.05, 3.63) is 66.0 Å². The Morgan fingerprint density at radius 3 is 2.62 bits per heavy atom. The van der Waals surface area contributed by atoms with E-state index < -0.39 is 11.9 Å². The van der Waals surface area contributed by atoms with Crippen LogP contribution in [0.25, 0.3) is 21.9 Å². The van der Waals surface area contributed by atoms with Crippen LogP contribution in [0, 0.1) is 11.9 Å². The molecule has 2 nitrogen and oxygen atoms in total. The van der Waals surface area contributed by atoms with Gasteiger partial charge in [-0.1, -0.05) is 30.3 Å². The molecule has 26 heavy (non-hydrogen) atoms. The second-order valence-electron chi connectivity index (χ2n) is 7.15. The van der Waals surface area contributed by atoms with Gasteiger partial charge in [0.05, 0.1) is 0 Å². The van der Waals surface area contributed by atoms with Gasteiger partial charge in [-0.05, 0) is 72.8 Å². The van der Waals surface area contributed by atoms with Gasteiger partial charge in [-0.25, -0.2) is 0 Å². The highest BCUT2D eigenvalue weighted by atomic mass is 19.1. The zero-order valence-corrected chi connectivity index (χ0v) is 14.9. The van der Waals surface area contributed by atoms with Gasteiger partial charge >= 0.3 is 0 Å². The van der Waals surface area contributed by atoms with Crippen molar-refractivity contribution < 1.29 is 8.78 Å². The van der Waals surface area contributed by atoms with Gasteiger partial charge < -0.3 is 4.90 Å². The topological polar surface area (TPSA) is 16.1 Å². The van der Waals surface area contributed by atoms with Crippen LogP contribution in [0.1, 0.15) is 25.3 Å². The number of fused-ring (bicyclic) bond motifs is 1. The molecule has 0 bridgehead atoms. The Morgan fingerprint density at radius 1 is 1.04 bits per heavy atom. The molecule has 134 valence electrons. The molecule has 0 amide bonds. The van der Waals surface area contributed by atoms with Crippen LogP contribution in [0.4, 0.5) is 8.78 Å². The number of pyridine rings is 1. The highest BCUT2D eigenvalue weighted by molar-refractivity contribution is 5.87. The normalized spacial score (nSPS) is 17.9. The summed E-state index contributed by atoms with van der Waals surface area (Å²) in [6, 6.07) is 15.5. The monoisotopic (exact) mass is 352 g/mol. The molecule has 1 aromatic heterocycles. The summed E-state index contributed by atoms with van der Waals surface area (Å²) in [5.74, 6) is -1.58. The predicted molar refractivity (Wildman–Crippen MR) is 101 cm³/mol. The number of rotatable bonds is 4. The van der Waals surface area contributed by atoms with E-state index in [4.69, 9.17) is 0 Å². The van der Waals surface area contributed by atoms with Crippen molar-refractivity contribution in [3.63, 3.8) is 0 Å². The molecule has 1 aliphatic heterocycles. The predicted octanol–water partition coefficient (Wildman–Crippen LogP) is 5.21. The van der Waals surface area contributed by atoms with Crippen LogP contribution in [-0.2, 0) is 6.42 Å². The molecule has 4 rings (SSSR count). The Labute approximate surface area is 152 Å². The van der Waals surface area contributed by atoms with Gasteiger partial charge in [-0.3, -0.25) is 0 Å². The van der Waals surface area contributed by atoms with Gasteiger partial charge in [-0.2, -0.15) is 13.8 Å². The molecule has 1 unspecified atom stereocenters. The van der Waals surface area contributed by atoms with Crippen LogP contribution < -0.4 is 0 Å². The first-order chi connectivity index (χ1) is 12.6. The molecule has 0 spiro atoms. The lowest BCUT2D eigenvalue weighted by atomic mass is 10.00. The molecule has 1 aliphatic rings. The van der Waals surface area contributed by atoms with Gasteiger partial charge in [0.15, 0.2) is 0 Å². The van der Waals surface area contributed by atoms with E-state index in [2.05, 4.69) is 35.0 Å². The first kappa shape index (κ1) is 17.1. The molecule has 1 saturated heterocycles. The maximum atomic E-state index is 13.9. The van der Waals surface area contributed by atoms with Crippen molar-refractivity contribution in [3.8, 4) is 11.1 Å². The smallest absolute Gasteiger partial charge is 0.223 e. The van der Waals surface area contributed by atoms with E-state index in [0.717, 1.165) is 23.7 Å². The SMILES string of the molecule is CC1CCCN1CCc1ccc2cc(-c3ccc(F)nc3F)ccc2c1. The Bertz CT molecular complexity index is 939. The number of aromatic nitrogens is 1. The molecule has 0 saturated carbocycles. The number of nitrogens with zero attached hydrogens (tertiary/aromatic N) is 2. The minimum Gasteiger partial charge on any atom is -0.300 e. The van der Waals surface area contributed by atoms with Crippen LogP contribution in [0.3, 0.4) is 0 Å². The summed E-state index contributed by atoms with van der Waals surface area (Å²) in [5, 5.41) is 2.18. The van der Waals surface area contributed by atoms with Crippen LogP contribution in [0.15, 0.2) is 48.5 Å². The summed E-state index contributed by atoms with van der Waals surface area (Å²) in [5.41, 5.74) is 2.35. The fourth-order valence-corrected chi connectivity index (χ4v) is 3.84. The highest BCUT2D eigenvalue weighted by Crippen LogP contribution is 2.27. The molecule has 1 fully saturated rings. The van der Waals surface area contributed by atoms with Crippen molar-refractivity contribution in [2.75, 3.05) is 13.1 Å². The van der Waals surface area contributed by atoms with E-state index in [1.54, 1.807) is 0 Å². The van der Waals surface area contributed by atoms with E-state index >= 15 is 0 Å². The molecule has 0 N–H and O–H groups in total. The Morgan fingerprint density at radius 2 is 1.85 bits per heavy atom. The number of halogens is 2. The van der Waals surface area contributed by atoms with E-state index in [9.17, 15) is 8.78 Å². The van der Waals surface area contributed by atoms with Crippen molar-refractivity contribution in [1.82, 2.24) is 9.88 Å². The average Bonchev–Trinajstić information content (AvgIpc) is 3.04. The summed E-state index contributed by atoms with van der Waals surface area (Å²) >= 11 is 0. The van der Waals surface area contributed by atoms with Gasteiger partial charge in [0.25, 0.3) is 0 Å². The third kappa shape index (κ3) is 3.47. The number of benzene rings is 2. The van der Waals surface area contributed by atoms with Gasteiger partial charge in [0.2, 0.25) is 11.9 Å². The third-order valence-electron chi connectivity index (χ3n) is 5.41. The van der Waals surface area contributed by atoms with E-state index in [0.29, 0.717) is 17.2 Å². The molecule has 2 heterocycles. The highest BCUT2D eigenvalue weighted by Gasteiger charge is 2.19. The van der Waals surface area contributed by atoms with E-state index in [-0.39, 0.29) is 0 Å². The summed E-state index contributed by atoms with van der Waals surface area (Å²) in [4.78, 5) is 5.83. The lowest BCUT2D eigenvalue weighted by molar-refractivity contribution is 0.272. The Kier molecular flexibility index (Phi) is 4.68. The molecule has 3 aromatic rings. The molecule has 1 atom stereocenters. The van der Waals surface area contributed by atoms with E-state index in [1.807, 2.05) is 18.2 Å². The second-order valence-corrected chi connectivity index (χ2v) is 7.15. The maximum absolute atomic E-state index is 13.9. The zero-order chi connectivity index (χ0) is 18.1. The van der Waals surface area contributed by atoms with Crippen LogP contribution in [-0.4, -0.2) is 29.0 Å². The van der Waals surface area contributed by atoms with Gasteiger partial charge in [-0.15, -0.1) is 0 Å². The van der Waals surface area contributed by atoms with Gasteiger partial charge in [0.1, 0.15) is 0 Å². The lowest BCUT2D eigenvalue weighted by Gasteiger charge is -2.20. The largest absolute Gasteiger partial charge is 0.300 e. The maximum Gasteiger partial charge on any atom is 0.223 e. The van der Waals surface area contributed by atoms with Crippen LogP contribution in [0.2, 0.25) is 0 Å². The zero-order valence-electron chi connectivity index (χ0n) is 14.9. The quantitative estimate of drug-likeness (QED) is 0.600. The van der Waals surface area contributed by atoms with E-state index in [1.165, 1.54) is 37.1 Å². The second kappa shape index (κ2) is 7.12. The van der Waals surface area contributed by atoms with Crippen LogP contribution in [0.5, 0.6) is 0 Å². The fraction of sp³-hybridized carbons (Fsp3) is 0.318. The first-order valence-corrected chi connectivity index (χ1v) is 9.19. The van der Waals surface area contributed by atoms with Gasteiger partial charge in [0, 0.05) is 18.2 Å². The Hall–Kier alpha value is -2.33.